The van der Waals surface area contributed by atoms with Crippen molar-refractivity contribution in [1.29, 1.82) is 10.8 Å². The van der Waals surface area contributed by atoms with E-state index in [9.17, 15) is 0 Å². The van der Waals surface area contributed by atoms with Crippen molar-refractivity contribution < 1.29 is 71.5 Å². The van der Waals surface area contributed by atoms with E-state index >= 15 is 0 Å². The van der Waals surface area contributed by atoms with Gasteiger partial charge in [0.05, 0.1) is 0 Å². The smallest absolute Gasteiger partial charge is 1.00 e. The van der Waals surface area contributed by atoms with Crippen LogP contribution >= 0.6 is 12.4 Å². The van der Waals surface area contributed by atoms with Gasteiger partial charge in [0.2, 0.25) is 0 Å². The molecule has 0 fully saturated rings. The molecule has 0 rings (SSSR count). The Morgan fingerprint density at radius 1 is 0.812 bits per heavy atom. The first kappa shape index (κ1) is 244. The van der Waals surface area contributed by atoms with Crippen molar-refractivity contribution in [3.63, 3.8) is 0 Å². The quantitative estimate of drug-likeness (QED) is 0.209. The summed E-state index contributed by atoms with van der Waals surface area (Å²) in [6, 6.07) is 0. The number of rotatable bonds is 0. The van der Waals surface area contributed by atoms with Crippen molar-refractivity contribution in [2.24, 2.45) is 5.34 Å². The maximum atomic E-state index is 8.00. The zero-order valence-corrected chi connectivity index (χ0v) is 11.2. The fourth-order valence-electron chi connectivity index (χ4n) is 0. The van der Waals surface area contributed by atoms with E-state index in [4.69, 9.17) is 20.9 Å². The Morgan fingerprint density at radius 3 is 0.812 bits per heavy atom. The standard InChI is InChI=1S/6CH4.2ClH.N2.HNO2.H3N.2Na/c;;;;;;;;1-2;2-1-3;;;/h6*1H4;2*1H;;(H,2,3);1H3;;/q;;;;;;;;;;;2*+1/p-2. The molecule has 0 saturated carbocycles. The molecule has 0 amide bonds. The minimum absolute atomic E-state index is 0. The van der Waals surface area contributed by atoms with Gasteiger partial charge in [-0.15, -0.1) is 17.7 Å². The Balaban J connectivity index is -0.000000000614. The summed E-state index contributed by atoms with van der Waals surface area (Å²) < 4.78 is 0. The van der Waals surface area contributed by atoms with E-state index in [0.29, 0.717) is 0 Å². The van der Waals surface area contributed by atoms with Crippen molar-refractivity contribution in [2.75, 3.05) is 0 Å². The van der Waals surface area contributed by atoms with E-state index in [1.54, 1.807) is 0 Å². The SMILES string of the molecule is C.C.C.C.C.C.Cl.N.N#N.O=N[O-].[Cl-].[Na+].[Na+]. The van der Waals surface area contributed by atoms with Crippen LogP contribution < -0.4 is 77.7 Å². The Labute approximate surface area is 159 Å². The maximum Gasteiger partial charge on any atom is 1.00 e. The first-order valence-electron chi connectivity index (χ1n) is 0.565. The van der Waals surface area contributed by atoms with Crippen LogP contribution in [-0.2, 0) is 0 Å². The molecule has 0 aromatic carbocycles. The van der Waals surface area contributed by atoms with E-state index in [0.717, 1.165) is 5.34 Å². The Hall–Kier alpha value is 1.36. The average Bonchev–Trinajstić information content (AvgIpc) is 1.46. The predicted octanol–water partition coefficient (Wildman–Crippen LogP) is -4.31. The summed E-state index contributed by atoms with van der Waals surface area (Å²) in [7, 11) is 0. The first-order chi connectivity index (χ1) is 2.41. The molecule has 0 aromatic heterocycles. The van der Waals surface area contributed by atoms with Crippen molar-refractivity contribution in [3.05, 3.63) is 10.1 Å². The van der Waals surface area contributed by atoms with Crippen LogP contribution in [0.2, 0.25) is 0 Å². The number of halogens is 2. The van der Waals surface area contributed by atoms with Gasteiger partial charge in [0, 0.05) is 10.8 Å². The van der Waals surface area contributed by atoms with Crippen LogP contribution in [0, 0.1) is 20.9 Å². The molecular formula is C6H28Cl2N4Na2O2. The largest absolute Gasteiger partial charge is 1.00 e. The second-order valence-corrected chi connectivity index (χ2v) is 0.0745. The van der Waals surface area contributed by atoms with Gasteiger partial charge in [0.1, 0.15) is 0 Å². The average molecular weight is 305 g/mol. The second-order valence-electron chi connectivity index (χ2n) is 0.0745. The molecule has 0 aliphatic heterocycles. The monoisotopic (exact) mass is 304 g/mol. The molecule has 0 bridgehead atoms. The van der Waals surface area contributed by atoms with Crippen LogP contribution in [0.15, 0.2) is 5.34 Å². The molecule has 0 atom stereocenters. The third-order valence-corrected chi connectivity index (χ3v) is 0. The molecule has 0 radical (unpaired) electrons. The summed E-state index contributed by atoms with van der Waals surface area (Å²) in [4.78, 5) is 8.00. The maximum absolute atomic E-state index is 8.00. The minimum Gasteiger partial charge on any atom is -1.00 e. The van der Waals surface area contributed by atoms with Crippen LogP contribution in [0.3, 0.4) is 0 Å². The molecule has 16 heavy (non-hydrogen) atoms. The predicted molar refractivity (Wildman–Crippen MR) is 65.3 cm³/mol. The first-order valence-corrected chi connectivity index (χ1v) is 0.565. The van der Waals surface area contributed by atoms with Gasteiger partial charge < -0.3 is 28.7 Å². The summed E-state index contributed by atoms with van der Waals surface area (Å²) in [5, 5.41) is 21.0. The van der Waals surface area contributed by atoms with Crippen LogP contribution in [-0.4, -0.2) is 0 Å². The van der Waals surface area contributed by atoms with Crippen LogP contribution in [0.1, 0.15) is 44.6 Å². The molecule has 0 aromatic rings. The normalized spacial score (nSPS) is 0.875. The molecule has 10 heteroatoms. The molecule has 6 nitrogen and oxygen atoms in total. The van der Waals surface area contributed by atoms with E-state index in [1.807, 2.05) is 0 Å². The van der Waals surface area contributed by atoms with Crippen LogP contribution in [0.5, 0.6) is 0 Å². The van der Waals surface area contributed by atoms with Crippen molar-refractivity contribution in [2.45, 2.75) is 44.6 Å². The summed E-state index contributed by atoms with van der Waals surface area (Å²) in [6.45, 7) is 0. The van der Waals surface area contributed by atoms with Gasteiger partial charge in [-0.05, 0) is 0 Å². The van der Waals surface area contributed by atoms with E-state index in [2.05, 4.69) is 0 Å². The molecule has 0 aliphatic rings. The van der Waals surface area contributed by atoms with E-state index in [-0.39, 0.29) is 135 Å². The third kappa shape index (κ3) is 1710. The molecular weight excluding hydrogens is 277 g/mol. The Morgan fingerprint density at radius 2 is 0.812 bits per heavy atom. The third-order valence-electron chi connectivity index (χ3n) is 0. The summed E-state index contributed by atoms with van der Waals surface area (Å²) in [5.74, 6) is 0. The molecule has 0 unspecified atom stereocenters. The summed E-state index contributed by atoms with van der Waals surface area (Å²) in [5.41, 5.74) is 0. The van der Waals surface area contributed by atoms with Gasteiger partial charge in [-0.2, -0.15) is 0 Å². The van der Waals surface area contributed by atoms with Crippen molar-refractivity contribution >= 4 is 12.4 Å². The molecule has 100 valence electrons. The van der Waals surface area contributed by atoms with Crippen molar-refractivity contribution in [3.8, 4) is 0 Å². The minimum atomic E-state index is 0. The van der Waals surface area contributed by atoms with Gasteiger partial charge in [0.15, 0.2) is 0 Å². The number of hydrogen-bond donors (Lipinski definition) is 1. The molecule has 0 saturated heterocycles. The van der Waals surface area contributed by atoms with Gasteiger partial charge in [-0.25, -0.2) is 0 Å². The zero-order chi connectivity index (χ0) is 4.71. The fraction of sp³-hybridized carbons (Fsp3) is 1.00. The Kier molecular flexibility index (Phi) is 10600. The number of hydrogen-bond acceptors (Lipinski definition) is 6. The van der Waals surface area contributed by atoms with E-state index in [1.165, 1.54) is 0 Å². The van der Waals surface area contributed by atoms with Gasteiger partial charge in [-0.3, -0.25) is 0 Å². The molecule has 0 aliphatic carbocycles. The van der Waals surface area contributed by atoms with Crippen molar-refractivity contribution in [1.82, 2.24) is 6.15 Å². The molecule has 0 heterocycles. The van der Waals surface area contributed by atoms with Gasteiger partial charge >= 0.3 is 59.1 Å². The molecule has 3 N–H and O–H groups in total. The zero-order valence-electron chi connectivity index (χ0n) is 5.65. The fourth-order valence-corrected chi connectivity index (χ4v) is 0. The number of nitrogens with zero attached hydrogens (tertiary/aromatic N) is 3. The molecule has 0 spiro atoms. The summed E-state index contributed by atoms with van der Waals surface area (Å²) >= 11 is 0. The topological polar surface area (TPSA) is 135 Å². The van der Waals surface area contributed by atoms with Crippen LogP contribution in [0.25, 0.3) is 0 Å². The van der Waals surface area contributed by atoms with Gasteiger partial charge in [-0.1, -0.05) is 44.6 Å². The Bertz CT molecular complexity index is 58.8. The summed E-state index contributed by atoms with van der Waals surface area (Å²) in [6.07, 6.45) is 0. The van der Waals surface area contributed by atoms with Crippen LogP contribution in [0.4, 0.5) is 0 Å². The van der Waals surface area contributed by atoms with Gasteiger partial charge in [0.25, 0.3) is 0 Å². The second kappa shape index (κ2) is 693. The van der Waals surface area contributed by atoms with E-state index < -0.39 is 0 Å².